The van der Waals surface area contributed by atoms with Gasteiger partial charge in [-0.2, -0.15) is 0 Å². The summed E-state index contributed by atoms with van der Waals surface area (Å²) in [4.78, 5) is 0.392. The lowest BCUT2D eigenvalue weighted by Crippen LogP contribution is -2.36. The maximum atomic E-state index is 13.0. The number of hydrogen-bond acceptors (Lipinski definition) is 2. The van der Waals surface area contributed by atoms with Gasteiger partial charge in [0.2, 0.25) is 0 Å². The monoisotopic (exact) mass is 287 g/mol. The average molecular weight is 287 g/mol. The number of rotatable bonds is 2. The summed E-state index contributed by atoms with van der Waals surface area (Å²) >= 11 is 0. The molecule has 1 unspecified atom stereocenters. The molecule has 0 N–H and O–H groups in total. The topological polar surface area (TPSA) is 37.4 Å². The van der Waals surface area contributed by atoms with Gasteiger partial charge in [-0.05, 0) is 43.5 Å². The molecular formula is C16H17NO2S. The van der Waals surface area contributed by atoms with Crippen molar-refractivity contribution >= 4 is 15.7 Å². The Hall–Kier alpha value is -1.81. The lowest BCUT2D eigenvalue weighted by molar-refractivity contribution is 0.583. The first-order valence-corrected chi connectivity index (χ1v) is 8.14. The summed E-state index contributed by atoms with van der Waals surface area (Å²) in [5.74, 6) is 0. The lowest BCUT2D eigenvalue weighted by atomic mass is 10.1. The first-order valence-electron chi connectivity index (χ1n) is 6.70. The van der Waals surface area contributed by atoms with Crippen LogP contribution in [0.25, 0.3) is 0 Å². The minimum absolute atomic E-state index is 0.0444. The van der Waals surface area contributed by atoms with E-state index in [1.54, 1.807) is 16.4 Å². The van der Waals surface area contributed by atoms with Crippen LogP contribution in [0, 0.1) is 6.92 Å². The highest BCUT2D eigenvalue weighted by atomic mass is 32.2. The molecule has 20 heavy (non-hydrogen) atoms. The number of benzene rings is 2. The first-order chi connectivity index (χ1) is 9.51. The van der Waals surface area contributed by atoms with E-state index in [0.717, 1.165) is 23.2 Å². The standard InChI is InChI=1S/C16H17NO2S/c1-12-7-3-6-10-16(12)20(18,19)17-13(2)11-14-8-4-5-9-15(14)17/h3-10,13H,11H2,1-2H3. The zero-order chi connectivity index (χ0) is 14.3. The molecule has 2 aromatic rings. The van der Waals surface area contributed by atoms with Gasteiger partial charge >= 0.3 is 0 Å². The van der Waals surface area contributed by atoms with Crippen LogP contribution in [0.15, 0.2) is 53.4 Å². The number of hydrogen-bond donors (Lipinski definition) is 0. The van der Waals surface area contributed by atoms with E-state index >= 15 is 0 Å². The summed E-state index contributed by atoms with van der Waals surface area (Å²) in [6, 6.07) is 14.8. The van der Waals surface area contributed by atoms with Crippen LogP contribution >= 0.6 is 0 Å². The lowest BCUT2D eigenvalue weighted by Gasteiger charge is -2.25. The van der Waals surface area contributed by atoms with E-state index < -0.39 is 10.0 Å². The third-order valence-electron chi connectivity index (χ3n) is 3.78. The van der Waals surface area contributed by atoms with E-state index in [2.05, 4.69) is 0 Å². The predicted molar refractivity (Wildman–Crippen MR) is 80.5 cm³/mol. The molecule has 1 aliphatic rings. The molecule has 3 nitrogen and oxygen atoms in total. The normalized spacial score (nSPS) is 18.1. The number of sulfonamides is 1. The largest absolute Gasteiger partial charge is 0.264 e. The summed E-state index contributed by atoms with van der Waals surface area (Å²) in [5.41, 5.74) is 2.68. The molecule has 2 aromatic carbocycles. The van der Waals surface area contributed by atoms with E-state index in [9.17, 15) is 8.42 Å². The second kappa shape index (κ2) is 4.63. The molecule has 0 radical (unpaired) electrons. The van der Waals surface area contributed by atoms with Gasteiger partial charge in [-0.15, -0.1) is 0 Å². The molecule has 0 aromatic heterocycles. The van der Waals surface area contributed by atoms with Gasteiger partial charge in [0.25, 0.3) is 10.0 Å². The molecular weight excluding hydrogens is 270 g/mol. The summed E-state index contributed by atoms with van der Waals surface area (Å²) in [5, 5.41) is 0. The van der Waals surface area contributed by atoms with Crippen molar-refractivity contribution in [2.75, 3.05) is 4.31 Å². The van der Waals surface area contributed by atoms with E-state index in [4.69, 9.17) is 0 Å². The van der Waals surface area contributed by atoms with Gasteiger partial charge < -0.3 is 0 Å². The Kier molecular flexibility index (Phi) is 3.05. The highest BCUT2D eigenvalue weighted by molar-refractivity contribution is 7.93. The quantitative estimate of drug-likeness (QED) is 0.851. The van der Waals surface area contributed by atoms with Crippen molar-refractivity contribution < 1.29 is 8.42 Å². The highest BCUT2D eigenvalue weighted by Gasteiger charge is 2.36. The molecule has 0 amide bonds. The second-order valence-corrected chi connectivity index (χ2v) is 7.03. The summed E-state index contributed by atoms with van der Waals surface area (Å²) in [7, 11) is -3.50. The number of aryl methyl sites for hydroxylation is 1. The van der Waals surface area contributed by atoms with Crippen molar-refractivity contribution in [1.29, 1.82) is 0 Å². The zero-order valence-corrected chi connectivity index (χ0v) is 12.4. The Bertz CT molecular complexity index is 753. The molecule has 0 fully saturated rings. The smallest absolute Gasteiger partial charge is 0.263 e. The fourth-order valence-corrected chi connectivity index (χ4v) is 4.78. The highest BCUT2D eigenvalue weighted by Crippen LogP contribution is 2.36. The Labute approximate surface area is 119 Å². The van der Waals surface area contributed by atoms with Crippen molar-refractivity contribution in [2.45, 2.75) is 31.2 Å². The minimum Gasteiger partial charge on any atom is -0.263 e. The Balaban J connectivity index is 2.16. The summed E-state index contributed by atoms with van der Waals surface area (Å²) in [6.45, 7) is 3.79. The van der Waals surface area contributed by atoms with Crippen molar-refractivity contribution in [3.05, 3.63) is 59.7 Å². The van der Waals surface area contributed by atoms with Gasteiger partial charge in [-0.1, -0.05) is 36.4 Å². The van der Waals surface area contributed by atoms with E-state index in [1.807, 2.05) is 50.2 Å². The summed E-state index contributed by atoms with van der Waals surface area (Å²) in [6.07, 6.45) is 0.765. The molecule has 1 heterocycles. The van der Waals surface area contributed by atoms with Crippen LogP contribution in [-0.4, -0.2) is 14.5 Å². The Morgan fingerprint density at radius 3 is 2.45 bits per heavy atom. The van der Waals surface area contributed by atoms with Crippen molar-refractivity contribution in [3.63, 3.8) is 0 Å². The van der Waals surface area contributed by atoms with Gasteiger partial charge in [0, 0.05) is 6.04 Å². The minimum atomic E-state index is -3.50. The number of nitrogens with zero attached hydrogens (tertiary/aromatic N) is 1. The maximum Gasteiger partial charge on any atom is 0.264 e. The number of fused-ring (bicyclic) bond motifs is 1. The van der Waals surface area contributed by atoms with Crippen LogP contribution in [0.4, 0.5) is 5.69 Å². The molecule has 0 saturated carbocycles. The molecule has 1 aliphatic heterocycles. The third-order valence-corrected chi connectivity index (χ3v) is 5.86. The molecule has 104 valence electrons. The van der Waals surface area contributed by atoms with E-state index in [1.165, 1.54) is 0 Å². The molecule has 1 atom stereocenters. The van der Waals surface area contributed by atoms with Crippen LogP contribution in [0.1, 0.15) is 18.1 Å². The SMILES string of the molecule is Cc1ccccc1S(=O)(=O)N1c2ccccc2CC1C. The van der Waals surface area contributed by atoms with Crippen molar-refractivity contribution in [1.82, 2.24) is 0 Å². The predicted octanol–water partition coefficient (Wildman–Crippen LogP) is 3.13. The van der Waals surface area contributed by atoms with Crippen molar-refractivity contribution in [3.8, 4) is 0 Å². The van der Waals surface area contributed by atoms with Crippen LogP contribution in [0.3, 0.4) is 0 Å². The number of para-hydroxylation sites is 1. The van der Waals surface area contributed by atoms with Crippen LogP contribution in [0.5, 0.6) is 0 Å². The molecule has 3 rings (SSSR count). The van der Waals surface area contributed by atoms with Crippen LogP contribution < -0.4 is 4.31 Å². The number of anilines is 1. The van der Waals surface area contributed by atoms with Crippen molar-refractivity contribution in [2.24, 2.45) is 0 Å². The Morgan fingerprint density at radius 2 is 1.70 bits per heavy atom. The molecule has 0 bridgehead atoms. The Morgan fingerprint density at radius 1 is 1.05 bits per heavy atom. The summed E-state index contributed by atoms with van der Waals surface area (Å²) < 4.78 is 27.5. The van der Waals surface area contributed by atoms with Gasteiger partial charge in [-0.3, -0.25) is 4.31 Å². The third kappa shape index (κ3) is 1.91. The molecule has 0 saturated heterocycles. The molecule has 0 aliphatic carbocycles. The van der Waals surface area contributed by atoms with Gasteiger partial charge in [0.05, 0.1) is 10.6 Å². The van der Waals surface area contributed by atoms with Gasteiger partial charge in [-0.25, -0.2) is 8.42 Å². The molecule has 4 heteroatoms. The second-order valence-electron chi connectivity index (χ2n) is 5.25. The van der Waals surface area contributed by atoms with Crippen LogP contribution in [-0.2, 0) is 16.4 Å². The van der Waals surface area contributed by atoms with E-state index in [0.29, 0.717) is 4.90 Å². The first kappa shape index (κ1) is 13.2. The van der Waals surface area contributed by atoms with Crippen LogP contribution in [0.2, 0.25) is 0 Å². The fraction of sp³-hybridized carbons (Fsp3) is 0.250. The average Bonchev–Trinajstić information content (AvgIpc) is 2.75. The molecule has 0 spiro atoms. The van der Waals surface area contributed by atoms with E-state index in [-0.39, 0.29) is 6.04 Å². The zero-order valence-electron chi connectivity index (χ0n) is 11.6. The van der Waals surface area contributed by atoms with Gasteiger partial charge in [0.15, 0.2) is 0 Å². The maximum absolute atomic E-state index is 13.0. The fourth-order valence-electron chi connectivity index (χ4n) is 2.86. The van der Waals surface area contributed by atoms with Gasteiger partial charge in [0.1, 0.15) is 0 Å².